The first kappa shape index (κ1) is 70.1. The van der Waals surface area contributed by atoms with Crippen molar-refractivity contribution in [2.75, 3.05) is 33.0 Å². The molecule has 5 heterocycles. The highest BCUT2D eigenvalue weighted by Gasteiger charge is 2.60. The zero-order valence-corrected chi connectivity index (χ0v) is 52.2. The molecule has 5 aliphatic heterocycles. The Balaban J connectivity index is 1.08. The standard InChI is InChI=1S/C68H77NO26/c1-5-6-32-81-66-58(90-63(80)42-30-20-11-21-31-42)56(88-61(78)40-26-16-9-17-27-40)52(46(87-66)36-83-60(77)39-24-14-8-15-25-39)92-67-57(89-62(79)41-28-18-10-19-29-41)54(48(73)45(86-67)35-82-59(76)38-22-12-7-13-23-38)93-64-47(69-37(2)72)49(74)51(43(33-70)84-64)91-65-50(75)55-53(44(34-71)85-65)94-68(3,4)95-55/h7-31,43-58,64-67,70-71,73-75H,5-6,32-36H2,1-4H3,(H,69,72)/t43?,44?,45?,46?,47-,48-,49?,50-,51+,52+,53-,54?,55?,56-,57-,58?,64-,65-,66+,67-/m0/s1. The fourth-order valence-corrected chi connectivity index (χ4v) is 11.6. The molecule has 5 aliphatic rings. The molecule has 8 unspecified atom stereocenters. The average Bonchev–Trinajstić information content (AvgIpc) is 1.71. The molecule has 510 valence electrons. The number of amides is 1. The van der Waals surface area contributed by atoms with Crippen LogP contribution in [0, 0.1) is 0 Å². The number of fused-ring (bicyclic) bond motifs is 1. The maximum atomic E-state index is 14.7. The number of ether oxygens (including phenoxy) is 15. The van der Waals surface area contributed by atoms with Crippen LogP contribution in [0.2, 0.25) is 0 Å². The molecule has 0 bridgehead atoms. The van der Waals surface area contributed by atoms with Crippen LogP contribution in [0.25, 0.3) is 0 Å². The van der Waals surface area contributed by atoms with Gasteiger partial charge in [0.05, 0.1) is 41.0 Å². The Morgan fingerprint density at radius 1 is 0.442 bits per heavy atom. The lowest BCUT2D eigenvalue weighted by molar-refractivity contribution is -0.378. The number of aliphatic hydroxyl groups excluding tert-OH is 5. The molecule has 27 heteroatoms. The van der Waals surface area contributed by atoms with Gasteiger partial charge in [-0.25, -0.2) is 24.0 Å². The topological polar surface area (TPSA) is 354 Å². The average molecular weight is 1320 g/mol. The Kier molecular flexibility index (Phi) is 23.9. The van der Waals surface area contributed by atoms with Gasteiger partial charge >= 0.3 is 29.8 Å². The van der Waals surface area contributed by atoms with Crippen LogP contribution < -0.4 is 5.32 Å². The number of benzene rings is 5. The van der Waals surface area contributed by atoms with E-state index in [1.54, 1.807) is 92.7 Å². The second-order valence-electron chi connectivity index (χ2n) is 23.5. The predicted molar refractivity (Wildman–Crippen MR) is 324 cm³/mol. The minimum absolute atomic E-state index is 0.00281. The van der Waals surface area contributed by atoms with Gasteiger partial charge in [0.25, 0.3) is 0 Å². The molecular formula is C68H77NO26. The summed E-state index contributed by atoms with van der Waals surface area (Å²) in [6.07, 6.45) is -31.8. The van der Waals surface area contributed by atoms with Crippen molar-refractivity contribution in [1.29, 1.82) is 0 Å². The van der Waals surface area contributed by atoms with Gasteiger partial charge in [0.2, 0.25) is 5.91 Å². The van der Waals surface area contributed by atoms with Gasteiger partial charge in [0.1, 0.15) is 92.5 Å². The van der Waals surface area contributed by atoms with E-state index in [1.807, 2.05) is 6.92 Å². The SMILES string of the molecule is CCCCO[C@@H]1OC(COC(=O)c2ccccc2)[C@@H](O[C@@H]2OC(COC(=O)c3ccccc3)[C@H](O)C(O[C@@H]3OC(CO)[C@@H](O[C@@H]4OC(CO)[C@@H]5OC(C)(C)OC5[C@@H]4O)C(O)[C@@H]3NC(C)=O)[C@@H]2OC(=O)c2ccccc2)[C@H](OC(=O)c2ccccc2)C1OC(=O)c1ccccc1. The fraction of sp³-hybridized carbons (Fsp3) is 0.471. The maximum Gasteiger partial charge on any atom is 0.338 e. The number of nitrogens with one attached hydrogen (secondary N) is 1. The molecule has 95 heavy (non-hydrogen) atoms. The van der Waals surface area contributed by atoms with E-state index < -0.39 is 191 Å². The minimum Gasteiger partial charge on any atom is -0.459 e. The molecule has 0 aromatic heterocycles. The largest absolute Gasteiger partial charge is 0.459 e. The Morgan fingerprint density at radius 2 is 0.853 bits per heavy atom. The summed E-state index contributed by atoms with van der Waals surface area (Å²) in [4.78, 5) is 84.8. The van der Waals surface area contributed by atoms with Gasteiger partial charge in [-0.15, -0.1) is 0 Å². The van der Waals surface area contributed by atoms with Crippen LogP contribution in [-0.4, -0.2) is 223 Å². The van der Waals surface area contributed by atoms with Crippen molar-refractivity contribution >= 4 is 35.8 Å². The van der Waals surface area contributed by atoms with Gasteiger partial charge in [-0.1, -0.05) is 104 Å². The van der Waals surface area contributed by atoms with E-state index in [1.165, 1.54) is 72.8 Å². The van der Waals surface area contributed by atoms with Gasteiger partial charge in [-0.05, 0) is 80.9 Å². The first-order valence-electron chi connectivity index (χ1n) is 31.2. The Hall–Kier alpha value is -7.68. The summed E-state index contributed by atoms with van der Waals surface area (Å²) in [7, 11) is 0. The molecule has 0 spiro atoms. The zero-order valence-electron chi connectivity index (χ0n) is 52.2. The van der Waals surface area contributed by atoms with Crippen LogP contribution in [0.1, 0.15) is 92.3 Å². The lowest BCUT2D eigenvalue weighted by Gasteiger charge is -2.50. The van der Waals surface area contributed by atoms with Crippen LogP contribution in [0.3, 0.4) is 0 Å². The number of carbonyl (C=O) groups is 6. The first-order chi connectivity index (χ1) is 45.8. The highest BCUT2D eigenvalue weighted by Crippen LogP contribution is 2.41. The van der Waals surface area contributed by atoms with Crippen molar-refractivity contribution in [1.82, 2.24) is 5.32 Å². The van der Waals surface area contributed by atoms with E-state index >= 15 is 0 Å². The lowest BCUT2D eigenvalue weighted by atomic mass is 9.94. The normalized spacial score (nSPS) is 31.8. The number of aliphatic hydroxyl groups is 5. The third kappa shape index (κ3) is 17.1. The summed E-state index contributed by atoms with van der Waals surface area (Å²) < 4.78 is 94.5. The van der Waals surface area contributed by atoms with Crippen molar-refractivity contribution in [3.8, 4) is 0 Å². The molecule has 10 rings (SSSR count). The second-order valence-corrected chi connectivity index (χ2v) is 23.5. The van der Waals surface area contributed by atoms with Crippen LogP contribution in [-0.2, 0) is 75.8 Å². The number of hydrogen-bond acceptors (Lipinski definition) is 26. The maximum absolute atomic E-state index is 14.7. The van der Waals surface area contributed by atoms with Crippen molar-refractivity contribution in [2.24, 2.45) is 0 Å². The van der Waals surface area contributed by atoms with Crippen molar-refractivity contribution < 1.29 is 125 Å². The zero-order chi connectivity index (χ0) is 67.3. The molecule has 5 aromatic carbocycles. The monoisotopic (exact) mass is 1320 g/mol. The van der Waals surface area contributed by atoms with Gasteiger partial charge in [-0.3, -0.25) is 4.79 Å². The van der Waals surface area contributed by atoms with Crippen molar-refractivity contribution in [2.45, 2.75) is 169 Å². The Bertz CT molecular complexity index is 3320. The smallest absolute Gasteiger partial charge is 0.338 e. The number of hydrogen-bond donors (Lipinski definition) is 6. The summed E-state index contributed by atoms with van der Waals surface area (Å²) in [5.41, 5.74) is 0.181. The molecule has 0 saturated carbocycles. The molecule has 5 saturated heterocycles. The number of esters is 5. The van der Waals surface area contributed by atoms with E-state index in [2.05, 4.69) is 5.32 Å². The van der Waals surface area contributed by atoms with Crippen LogP contribution in [0.4, 0.5) is 0 Å². The highest BCUT2D eigenvalue weighted by atomic mass is 16.8. The van der Waals surface area contributed by atoms with Gasteiger partial charge in [0, 0.05) is 13.5 Å². The third-order valence-corrected chi connectivity index (χ3v) is 16.3. The summed E-state index contributed by atoms with van der Waals surface area (Å²) in [5, 5.41) is 61.0. The fourth-order valence-electron chi connectivity index (χ4n) is 11.6. The number of rotatable bonds is 25. The van der Waals surface area contributed by atoms with Crippen LogP contribution >= 0.6 is 0 Å². The molecule has 1 amide bonds. The molecule has 20 atom stereocenters. The summed E-state index contributed by atoms with van der Waals surface area (Å²) in [5.74, 6) is -6.81. The van der Waals surface area contributed by atoms with E-state index in [0.717, 1.165) is 6.92 Å². The number of carbonyl (C=O) groups excluding carboxylic acids is 6. The molecular weight excluding hydrogens is 1250 g/mol. The number of unbranched alkanes of at least 4 members (excludes halogenated alkanes) is 1. The summed E-state index contributed by atoms with van der Waals surface area (Å²) in [6, 6.07) is 36.9. The summed E-state index contributed by atoms with van der Waals surface area (Å²) in [6.45, 7) is 3.02. The highest BCUT2D eigenvalue weighted by molar-refractivity contribution is 5.91. The molecule has 0 aliphatic carbocycles. The minimum atomic E-state index is -2.16. The van der Waals surface area contributed by atoms with Crippen LogP contribution in [0.5, 0.6) is 0 Å². The van der Waals surface area contributed by atoms with Gasteiger partial charge in [-0.2, -0.15) is 0 Å². The Morgan fingerprint density at radius 3 is 1.34 bits per heavy atom. The molecule has 6 N–H and O–H groups in total. The molecule has 5 aromatic rings. The molecule has 5 fully saturated rings. The predicted octanol–water partition coefficient (Wildman–Crippen LogP) is 3.34. The Labute approximate surface area is 546 Å². The lowest BCUT2D eigenvalue weighted by Crippen LogP contribution is -2.70. The first-order valence-corrected chi connectivity index (χ1v) is 31.2. The van der Waals surface area contributed by atoms with Crippen molar-refractivity contribution in [3.63, 3.8) is 0 Å². The third-order valence-electron chi connectivity index (χ3n) is 16.3. The molecule has 27 nitrogen and oxygen atoms in total. The van der Waals surface area contributed by atoms with Crippen molar-refractivity contribution in [3.05, 3.63) is 179 Å². The molecule has 0 radical (unpaired) electrons. The van der Waals surface area contributed by atoms with E-state index in [-0.39, 0.29) is 34.4 Å². The van der Waals surface area contributed by atoms with Gasteiger partial charge in [0.15, 0.2) is 49.3 Å². The van der Waals surface area contributed by atoms with Gasteiger partial charge < -0.3 is 102 Å². The van der Waals surface area contributed by atoms with E-state index in [0.29, 0.717) is 12.8 Å². The van der Waals surface area contributed by atoms with Crippen LogP contribution in [0.15, 0.2) is 152 Å². The summed E-state index contributed by atoms with van der Waals surface area (Å²) >= 11 is 0. The van der Waals surface area contributed by atoms with E-state index in [9.17, 15) is 54.3 Å². The second kappa shape index (κ2) is 32.4. The van der Waals surface area contributed by atoms with E-state index in [4.69, 9.17) is 71.1 Å². The quantitative estimate of drug-likeness (QED) is 0.0277.